The minimum absolute atomic E-state index is 0.0740. The van der Waals surface area contributed by atoms with Crippen molar-refractivity contribution in [3.63, 3.8) is 0 Å². The van der Waals surface area contributed by atoms with Crippen molar-refractivity contribution in [1.29, 1.82) is 0 Å². The van der Waals surface area contributed by atoms with Crippen molar-refractivity contribution < 1.29 is 18.8 Å². The van der Waals surface area contributed by atoms with Gasteiger partial charge in [-0.25, -0.2) is 4.39 Å². The summed E-state index contributed by atoms with van der Waals surface area (Å²) < 4.78 is 13.1. The first-order valence-electron chi connectivity index (χ1n) is 9.75. The Hall–Kier alpha value is -3.22. The van der Waals surface area contributed by atoms with E-state index in [2.05, 4.69) is 10.2 Å². The maximum absolute atomic E-state index is 13.1. The molecule has 1 fully saturated rings. The van der Waals surface area contributed by atoms with E-state index in [1.807, 2.05) is 0 Å². The average molecular weight is 395 g/mol. The predicted molar refractivity (Wildman–Crippen MR) is 106 cm³/mol. The van der Waals surface area contributed by atoms with Crippen molar-refractivity contribution in [2.75, 3.05) is 31.1 Å². The molecule has 1 saturated heterocycles. The standard InChI is InChI=1S/C22H22FN3O3/c23-16-5-7-17(8-6-16)25-11-9-15(14-25)13-24-20(27)10-12-26-21(28)18-3-1-2-4-19(18)22(26)29/h1-8,15H,9-14H2,(H,24,27). The lowest BCUT2D eigenvalue weighted by atomic mass is 10.1. The molecule has 1 N–H and O–H groups in total. The average Bonchev–Trinajstić information content (AvgIpc) is 3.30. The largest absolute Gasteiger partial charge is 0.371 e. The van der Waals surface area contributed by atoms with Gasteiger partial charge in [0.05, 0.1) is 11.1 Å². The van der Waals surface area contributed by atoms with Gasteiger partial charge in [-0.1, -0.05) is 12.1 Å². The molecule has 0 aliphatic carbocycles. The highest BCUT2D eigenvalue weighted by Crippen LogP contribution is 2.24. The molecule has 2 aliphatic heterocycles. The Morgan fingerprint density at radius 3 is 2.34 bits per heavy atom. The normalized spacial score (nSPS) is 18.3. The number of anilines is 1. The van der Waals surface area contributed by atoms with Crippen LogP contribution in [-0.2, 0) is 4.79 Å². The van der Waals surface area contributed by atoms with Gasteiger partial charge in [0.15, 0.2) is 0 Å². The number of amides is 3. The lowest BCUT2D eigenvalue weighted by molar-refractivity contribution is -0.121. The number of halogens is 1. The summed E-state index contributed by atoms with van der Waals surface area (Å²) in [6.07, 6.45) is 1.02. The minimum Gasteiger partial charge on any atom is -0.371 e. The van der Waals surface area contributed by atoms with Crippen LogP contribution in [-0.4, -0.2) is 48.8 Å². The third kappa shape index (κ3) is 3.99. The van der Waals surface area contributed by atoms with Crippen LogP contribution in [0.15, 0.2) is 48.5 Å². The molecule has 4 rings (SSSR count). The van der Waals surface area contributed by atoms with Crippen LogP contribution in [0.25, 0.3) is 0 Å². The van der Waals surface area contributed by atoms with Crippen molar-refractivity contribution >= 4 is 23.4 Å². The second-order valence-corrected chi connectivity index (χ2v) is 7.44. The van der Waals surface area contributed by atoms with E-state index < -0.39 is 0 Å². The van der Waals surface area contributed by atoms with Crippen molar-refractivity contribution in [1.82, 2.24) is 10.2 Å². The number of hydrogen-bond donors (Lipinski definition) is 1. The van der Waals surface area contributed by atoms with Gasteiger partial charge in [0.2, 0.25) is 5.91 Å². The molecule has 0 aromatic heterocycles. The monoisotopic (exact) mass is 395 g/mol. The van der Waals surface area contributed by atoms with Crippen LogP contribution in [0, 0.1) is 11.7 Å². The molecule has 2 heterocycles. The molecule has 3 amide bonds. The van der Waals surface area contributed by atoms with Crippen molar-refractivity contribution in [3.05, 3.63) is 65.5 Å². The summed E-state index contributed by atoms with van der Waals surface area (Å²) in [4.78, 5) is 40.2. The van der Waals surface area contributed by atoms with Gasteiger partial charge in [-0.05, 0) is 48.7 Å². The lowest BCUT2D eigenvalue weighted by Crippen LogP contribution is -2.36. The maximum Gasteiger partial charge on any atom is 0.261 e. The first-order valence-corrected chi connectivity index (χ1v) is 9.75. The number of hydrogen-bond acceptors (Lipinski definition) is 4. The lowest BCUT2D eigenvalue weighted by Gasteiger charge is -2.19. The Bertz CT molecular complexity index is 910. The number of benzene rings is 2. The summed E-state index contributed by atoms with van der Waals surface area (Å²) in [5.41, 5.74) is 1.76. The smallest absolute Gasteiger partial charge is 0.261 e. The SMILES string of the molecule is O=C(CCN1C(=O)c2ccccc2C1=O)NCC1CCN(c2ccc(F)cc2)C1. The first-order chi connectivity index (χ1) is 14.0. The van der Waals surface area contributed by atoms with Crippen LogP contribution in [0.4, 0.5) is 10.1 Å². The Morgan fingerprint density at radius 2 is 1.69 bits per heavy atom. The van der Waals surface area contributed by atoms with E-state index in [-0.39, 0.29) is 36.5 Å². The number of carbonyl (C=O) groups excluding carboxylic acids is 3. The molecule has 2 aromatic carbocycles. The Kier molecular flexibility index (Phi) is 5.29. The molecule has 29 heavy (non-hydrogen) atoms. The molecular formula is C22H22FN3O3. The van der Waals surface area contributed by atoms with E-state index in [1.54, 1.807) is 36.4 Å². The molecule has 6 nitrogen and oxygen atoms in total. The fourth-order valence-electron chi connectivity index (χ4n) is 3.89. The van der Waals surface area contributed by atoms with Crippen LogP contribution in [0.5, 0.6) is 0 Å². The molecule has 2 aliphatic rings. The van der Waals surface area contributed by atoms with Crippen LogP contribution in [0.2, 0.25) is 0 Å². The van der Waals surface area contributed by atoms with E-state index in [0.717, 1.165) is 30.1 Å². The Balaban J connectivity index is 1.23. The zero-order valence-corrected chi connectivity index (χ0v) is 15.9. The topological polar surface area (TPSA) is 69.7 Å². The van der Waals surface area contributed by atoms with E-state index in [1.165, 1.54) is 12.1 Å². The summed E-state index contributed by atoms with van der Waals surface area (Å²) in [6.45, 7) is 2.27. The number of nitrogens with one attached hydrogen (secondary N) is 1. The molecule has 0 radical (unpaired) electrons. The fourth-order valence-corrected chi connectivity index (χ4v) is 3.89. The number of imide groups is 1. The number of fused-ring (bicyclic) bond motifs is 1. The zero-order chi connectivity index (χ0) is 20.4. The predicted octanol–water partition coefficient (Wildman–Crippen LogP) is 2.45. The molecule has 0 spiro atoms. The van der Waals surface area contributed by atoms with Crippen LogP contribution in [0.3, 0.4) is 0 Å². The number of carbonyl (C=O) groups is 3. The van der Waals surface area contributed by atoms with E-state index >= 15 is 0 Å². The second-order valence-electron chi connectivity index (χ2n) is 7.44. The van der Waals surface area contributed by atoms with Crippen molar-refractivity contribution in [3.8, 4) is 0 Å². The third-order valence-corrected chi connectivity index (χ3v) is 5.51. The number of rotatable bonds is 6. The van der Waals surface area contributed by atoms with E-state index in [9.17, 15) is 18.8 Å². The summed E-state index contributed by atoms with van der Waals surface area (Å²) in [5, 5.41) is 2.91. The minimum atomic E-state index is -0.343. The molecule has 150 valence electrons. The zero-order valence-electron chi connectivity index (χ0n) is 15.9. The molecular weight excluding hydrogens is 373 g/mol. The highest BCUT2D eigenvalue weighted by molar-refractivity contribution is 6.21. The highest BCUT2D eigenvalue weighted by atomic mass is 19.1. The molecule has 0 saturated carbocycles. The number of nitrogens with zero attached hydrogens (tertiary/aromatic N) is 2. The first kappa shape index (κ1) is 19.1. The van der Waals surface area contributed by atoms with E-state index in [4.69, 9.17) is 0 Å². The van der Waals surface area contributed by atoms with Gasteiger partial charge in [0.25, 0.3) is 11.8 Å². The van der Waals surface area contributed by atoms with Crippen LogP contribution < -0.4 is 10.2 Å². The second kappa shape index (κ2) is 8.03. The van der Waals surface area contributed by atoms with Gasteiger partial charge < -0.3 is 10.2 Å². The molecule has 1 unspecified atom stereocenters. The van der Waals surface area contributed by atoms with Crippen molar-refractivity contribution in [2.45, 2.75) is 12.8 Å². The summed E-state index contributed by atoms with van der Waals surface area (Å²) in [5.74, 6) is -0.812. The van der Waals surface area contributed by atoms with Gasteiger partial charge in [-0.3, -0.25) is 19.3 Å². The fraction of sp³-hybridized carbons (Fsp3) is 0.318. The maximum atomic E-state index is 13.1. The summed E-state index contributed by atoms with van der Waals surface area (Å²) in [7, 11) is 0. The molecule has 1 atom stereocenters. The van der Waals surface area contributed by atoms with Crippen molar-refractivity contribution in [2.24, 2.45) is 5.92 Å². The molecule has 0 bridgehead atoms. The highest BCUT2D eigenvalue weighted by Gasteiger charge is 2.35. The summed E-state index contributed by atoms with van der Waals surface area (Å²) >= 11 is 0. The Morgan fingerprint density at radius 1 is 1.03 bits per heavy atom. The van der Waals surface area contributed by atoms with Gasteiger partial charge in [-0.2, -0.15) is 0 Å². The van der Waals surface area contributed by atoms with Gasteiger partial charge in [-0.15, -0.1) is 0 Å². The van der Waals surface area contributed by atoms with Gasteiger partial charge in [0, 0.05) is 38.3 Å². The van der Waals surface area contributed by atoms with E-state index in [0.29, 0.717) is 23.6 Å². The van der Waals surface area contributed by atoms with Crippen LogP contribution in [0.1, 0.15) is 33.6 Å². The third-order valence-electron chi connectivity index (χ3n) is 5.51. The molecule has 2 aromatic rings. The summed E-state index contributed by atoms with van der Waals surface area (Å²) in [6, 6.07) is 13.1. The quantitative estimate of drug-likeness (QED) is 0.763. The van der Waals surface area contributed by atoms with Crippen LogP contribution >= 0.6 is 0 Å². The van der Waals surface area contributed by atoms with Gasteiger partial charge in [0.1, 0.15) is 5.82 Å². The molecule has 7 heteroatoms. The Labute approximate surface area is 168 Å². The van der Waals surface area contributed by atoms with Gasteiger partial charge >= 0.3 is 0 Å².